The van der Waals surface area contributed by atoms with Crippen LogP contribution in [0.4, 0.5) is 0 Å². The third-order valence-electron chi connectivity index (χ3n) is 4.21. The van der Waals surface area contributed by atoms with E-state index in [-0.39, 0.29) is 17.8 Å². The number of ether oxygens (including phenoxy) is 1. The van der Waals surface area contributed by atoms with Crippen molar-refractivity contribution in [1.82, 2.24) is 9.88 Å². The summed E-state index contributed by atoms with van der Waals surface area (Å²) in [5.41, 5.74) is 7.45. The third-order valence-corrected chi connectivity index (χ3v) is 5.39. The van der Waals surface area contributed by atoms with Gasteiger partial charge in [0.05, 0.1) is 11.9 Å². The summed E-state index contributed by atoms with van der Waals surface area (Å²) < 4.78 is 5.66. The molecule has 0 spiro atoms. The molecule has 1 fully saturated rings. The van der Waals surface area contributed by atoms with Gasteiger partial charge in [-0.15, -0.1) is 11.8 Å². The molecular formula is C19H20N4O2S. The molecule has 6 nitrogen and oxygen atoms in total. The van der Waals surface area contributed by atoms with Gasteiger partial charge < -0.3 is 15.4 Å². The fourth-order valence-corrected chi connectivity index (χ4v) is 3.94. The van der Waals surface area contributed by atoms with Gasteiger partial charge >= 0.3 is 0 Å². The Morgan fingerprint density at radius 1 is 1.46 bits per heavy atom. The lowest BCUT2D eigenvalue weighted by atomic mass is 10.1. The fraction of sp³-hybridized carbons (Fsp3) is 0.316. The number of carbonyl (C=O) groups is 1. The minimum atomic E-state index is -0.552. The predicted octanol–water partition coefficient (Wildman–Crippen LogP) is 2.54. The second-order valence-electron chi connectivity index (χ2n) is 6.18. The molecule has 2 aromatic rings. The van der Waals surface area contributed by atoms with E-state index in [1.165, 1.54) is 0 Å². The summed E-state index contributed by atoms with van der Waals surface area (Å²) in [7, 11) is 0. The first-order valence-corrected chi connectivity index (χ1v) is 9.49. The first-order valence-electron chi connectivity index (χ1n) is 8.34. The molecule has 0 radical (unpaired) electrons. The molecule has 0 unspecified atom stereocenters. The zero-order chi connectivity index (χ0) is 18.5. The van der Waals surface area contributed by atoms with Crippen LogP contribution in [-0.2, 0) is 11.2 Å². The summed E-state index contributed by atoms with van der Waals surface area (Å²) in [6, 6.07) is 12.4. The Hall–Kier alpha value is -2.56. The van der Waals surface area contributed by atoms with Crippen LogP contribution in [0.15, 0.2) is 42.6 Å². The number of hydrogen-bond donors (Lipinski definition) is 1. The predicted molar refractivity (Wildman–Crippen MR) is 101 cm³/mol. The van der Waals surface area contributed by atoms with Crippen LogP contribution in [-0.4, -0.2) is 39.5 Å². The Morgan fingerprint density at radius 3 is 2.88 bits per heavy atom. The van der Waals surface area contributed by atoms with Crippen molar-refractivity contribution in [2.45, 2.75) is 25.4 Å². The van der Waals surface area contributed by atoms with E-state index in [4.69, 9.17) is 15.7 Å². The lowest BCUT2D eigenvalue weighted by molar-refractivity contribution is -0.132. The molecule has 2 heterocycles. The maximum atomic E-state index is 12.5. The number of carbonyl (C=O) groups excluding carboxylic acids is 1. The van der Waals surface area contributed by atoms with Crippen molar-refractivity contribution in [2.75, 3.05) is 11.6 Å². The topological polar surface area (TPSA) is 92.2 Å². The molecule has 3 rings (SSSR count). The van der Waals surface area contributed by atoms with Gasteiger partial charge in [-0.25, -0.2) is 4.98 Å². The highest BCUT2D eigenvalue weighted by Gasteiger charge is 2.29. The van der Waals surface area contributed by atoms with Crippen LogP contribution < -0.4 is 10.5 Å². The lowest BCUT2D eigenvalue weighted by Gasteiger charge is -2.24. The normalized spacial score (nSPS) is 17.6. The van der Waals surface area contributed by atoms with E-state index in [1.54, 1.807) is 42.2 Å². The van der Waals surface area contributed by atoms with Gasteiger partial charge in [0.25, 0.3) is 0 Å². The van der Waals surface area contributed by atoms with Crippen LogP contribution in [0.25, 0.3) is 0 Å². The molecule has 0 bridgehead atoms. The summed E-state index contributed by atoms with van der Waals surface area (Å²) in [5, 5.41) is 9.08. The molecule has 7 heteroatoms. The molecular weight excluding hydrogens is 348 g/mol. The Balaban J connectivity index is 1.62. The molecule has 1 saturated heterocycles. The highest BCUT2D eigenvalue weighted by atomic mass is 32.2. The smallest absolute Gasteiger partial charge is 0.240 e. The summed E-state index contributed by atoms with van der Waals surface area (Å²) in [6.45, 7) is 2.05. The van der Waals surface area contributed by atoms with Gasteiger partial charge in [-0.3, -0.25) is 4.79 Å². The molecule has 1 aliphatic heterocycles. The second-order valence-corrected chi connectivity index (χ2v) is 7.18. The van der Waals surface area contributed by atoms with Crippen molar-refractivity contribution in [3.63, 3.8) is 0 Å². The Morgan fingerprint density at radius 2 is 2.23 bits per heavy atom. The van der Waals surface area contributed by atoms with Gasteiger partial charge in [0.15, 0.2) is 0 Å². The number of thioether (sulfide) groups is 1. The van der Waals surface area contributed by atoms with Gasteiger partial charge in [0, 0.05) is 18.0 Å². The van der Waals surface area contributed by atoms with E-state index >= 15 is 0 Å². The van der Waals surface area contributed by atoms with Crippen molar-refractivity contribution >= 4 is 17.7 Å². The minimum Gasteiger partial charge on any atom is -0.438 e. The fourth-order valence-electron chi connectivity index (χ4n) is 2.74. The van der Waals surface area contributed by atoms with Crippen molar-refractivity contribution < 1.29 is 9.53 Å². The number of nitrogens with two attached hydrogens (primary N) is 1. The van der Waals surface area contributed by atoms with Crippen LogP contribution in [0.2, 0.25) is 0 Å². The largest absolute Gasteiger partial charge is 0.438 e. The Bertz CT molecular complexity index is 819. The van der Waals surface area contributed by atoms with E-state index in [0.717, 1.165) is 11.3 Å². The van der Waals surface area contributed by atoms with Crippen molar-refractivity contribution in [3.05, 3.63) is 53.7 Å². The lowest BCUT2D eigenvalue weighted by Crippen LogP contribution is -2.46. The number of aromatic nitrogens is 1. The van der Waals surface area contributed by atoms with Gasteiger partial charge in [-0.2, -0.15) is 5.26 Å². The van der Waals surface area contributed by atoms with E-state index < -0.39 is 6.04 Å². The molecule has 1 aliphatic rings. The molecule has 134 valence electrons. The summed E-state index contributed by atoms with van der Waals surface area (Å²) in [6.07, 6.45) is 2.05. The van der Waals surface area contributed by atoms with Gasteiger partial charge in [-0.1, -0.05) is 12.1 Å². The highest BCUT2D eigenvalue weighted by molar-refractivity contribution is 7.99. The summed E-state index contributed by atoms with van der Waals surface area (Å²) in [5.74, 6) is 2.52. The number of amides is 1. The summed E-state index contributed by atoms with van der Waals surface area (Å²) in [4.78, 5) is 18.4. The Labute approximate surface area is 157 Å². The molecule has 1 aromatic heterocycles. The van der Waals surface area contributed by atoms with E-state index in [0.29, 0.717) is 23.6 Å². The maximum Gasteiger partial charge on any atom is 0.240 e. The monoisotopic (exact) mass is 368 g/mol. The number of nitrogens with zero attached hydrogens (tertiary/aromatic N) is 3. The van der Waals surface area contributed by atoms with E-state index in [9.17, 15) is 4.79 Å². The number of hydrogen-bond acceptors (Lipinski definition) is 6. The molecule has 0 aliphatic carbocycles. The van der Waals surface area contributed by atoms with Crippen LogP contribution in [0.5, 0.6) is 11.6 Å². The van der Waals surface area contributed by atoms with Crippen LogP contribution in [0, 0.1) is 11.3 Å². The number of benzene rings is 1. The average Bonchev–Trinajstić information content (AvgIpc) is 3.09. The van der Waals surface area contributed by atoms with E-state index in [1.807, 2.05) is 30.0 Å². The van der Waals surface area contributed by atoms with Crippen molar-refractivity contribution in [2.24, 2.45) is 5.73 Å². The number of rotatable bonds is 5. The number of nitriles is 1. The standard InChI is InChI=1S/C19H20N4O2S/c1-13-11-26-12-23(13)19(24)17(21)9-14-4-6-16(7-5-14)25-18-15(10-20)3-2-8-22-18/h2-8,13,17H,9,11-12,21H2,1H3/t13-,17+/m1/s1. The first kappa shape index (κ1) is 18.2. The quantitative estimate of drug-likeness (QED) is 0.872. The minimum absolute atomic E-state index is 0.00465. The van der Waals surface area contributed by atoms with Crippen LogP contribution >= 0.6 is 11.8 Å². The van der Waals surface area contributed by atoms with Crippen LogP contribution in [0.3, 0.4) is 0 Å². The molecule has 1 aromatic carbocycles. The third kappa shape index (κ3) is 4.15. The SMILES string of the molecule is C[C@@H]1CSCN1C(=O)[C@@H](N)Cc1ccc(Oc2ncccc2C#N)cc1. The molecule has 0 saturated carbocycles. The zero-order valence-electron chi connectivity index (χ0n) is 14.5. The van der Waals surface area contributed by atoms with Gasteiger partial charge in [0.2, 0.25) is 11.8 Å². The van der Waals surface area contributed by atoms with Crippen LogP contribution in [0.1, 0.15) is 18.1 Å². The molecule has 1 amide bonds. The Kier molecular flexibility index (Phi) is 5.76. The summed E-state index contributed by atoms with van der Waals surface area (Å²) >= 11 is 1.75. The zero-order valence-corrected chi connectivity index (χ0v) is 15.3. The molecule has 2 N–H and O–H groups in total. The average molecular weight is 368 g/mol. The van der Waals surface area contributed by atoms with Gasteiger partial charge in [-0.05, 0) is 43.2 Å². The van der Waals surface area contributed by atoms with E-state index in [2.05, 4.69) is 4.98 Å². The maximum absolute atomic E-state index is 12.5. The number of pyridine rings is 1. The van der Waals surface area contributed by atoms with Crippen molar-refractivity contribution in [3.8, 4) is 17.7 Å². The van der Waals surface area contributed by atoms with Gasteiger partial charge in [0.1, 0.15) is 17.4 Å². The van der Waals surface area contributed by atoms with Crippen molar-refractivity contribution in [1.29, 1.82) is 5.26 Å². The second kappa shape index (κ2) is 8.21. The molecule has 2 atom stereocenters. The molecule has 26 heavy (non-hydrogen) atoms. The first-order chi connectivity index (χ1) is 12.6. The highest BCUT2D eigenvalue weighted by Crippen LogP contribution is 2.24.